The lowest BCUT2D eigenvalue weighted by Gasteiger charge is -2.38. The van der Waals surface area contributed by atoms with E-state index in [2.05, 4.69) is 10.6 Å². The highest BCUT2D eigenvalue weighted by molar-refractivity contribution is 7.93. The first-order valence-corrected chi connectivity index (χ1v) is 20.3. The molecule has 1 unspecified atom stereocenters. The number of hydrogen-bond donors (Lipinski definition) is 4. The van der Waals surface area contributed by atoms with Crippen LogP contribution in [0.2, 0.25) is 0 Å². The van der Waals surface area contributed by atoms with Crippen molar-refractivity contribution < 1.29 is 41.3 Å². The number of piperidine rings is 1. The molecule has 0 radical (unpaired) electrons. The van der Waals surface area contributed by atoms with Crippen LogP contribution < -0.4 is 15.4 Å². The minimum Gasteiger partial charge on any atom is -0.491 e. The maximum absolute atomic E-state index is 13.7. The smallest absolute Gasteiger partial charge is 0.243 e. The third-order valence-corrected chi connectivity index (χ3v) is 14.7. The number of carbonyl (C=O) groups is 1. The molecule has 14 heteroatoms. The summed E-state index contributed by atoms with van der Waals surface area (Å²) in [5.74, 6) is 0.261. The van der Waals surface area contributed by atoms with E-state index in [1.165, 1.54) is 23.4 Å². The molecule has 0 bridgehead atoms. The highest BCUT2D eigenvalue weighted by Crippen LogP contribution is 2.46. The van der Waals surface area contributed by atoms with E-state index in [4.69, 9.17) is 9.47 Å². The first-order valence-electron chi connectivity index (χ1n) is 17.4. The fourth-order valence-electron chi connectivity index (χ4n) is 6.88. The van der Waals surface area contributed by atoms with Gasteiger partial charge in [-0.3, -0.25) is 4.79 Å². The number of rotatable bonds is 15. The number of nitrogens with one attached hydrogen (secondary N) is 2. The monoisotopic (exact) mass is 741 g/mol. The average molecular weight is 742 g/mol. The molecule has 1 spiro atoms. The molecule has 1 saturated carbocycles. The summed E-state index contributed by atoms with van der Waals surface area (Å²) in [5.41, 5.74) is 2.36. The molecule has 51 heavy (non-hydrogen) atoms. The molecule has 3 aromatic rings. The van der Waals surface area contributed by atoms with E-state index >= 15 is 0 Å². The zero-order chi connectivity index (χ0) is 36.3. The van der Waals surface area contributed by atoms with Crippen LogP contribution in [-0.2, 0) is 35.8 Å². The second kappa shape index (κ2) is 15.3. The highest BCUT2D eigenvalue weighted by Gasteiger charge is 2.54. The molecule has 2 saturated heterocycles. The predicted molar refractivity (Wildman–Crippen MR) is 192 cm³/mol. The number of hydrogen-bond acceptors (Lipinski definition) is 10. The molecule has 4 N–H and O–H groups in total. The molecule has 3 aromatic carbocycles. The van der Waals surface area contributed by atoms with Crippen LogP contribution >= 0.6 is 0 Å². The van der Waals surface area contributed by atoms with Gasteiger partial charge in [-0.1, -0.05) is 42.5 Å². The van der Waals surface area contributed by atoms with Crippen LogP contribution in [0, 0.1) is 0 Å². The Morgan fingerprint density at radius 2 is 1.67 bits per heavy atom. The first kappa shape index (κ1) is 37.4. The zero-order valence-corrected chi connectivity index (χ0v) is 30.4. The number of ether oxygens (including phenoxy) is 2. The van der Waals surface area contributed by atoms with Crippen LogP contribution in [0.4, 0.5) is 0 Å². The summed E-state index contributed by atoms with van der Waals surface area (Å²) in [6.07, 6.45) is 2.53. The minimum atomic E-state index is -3.72. The minimum absolute atomic E-state index is 0.0158. The van der Waals surface area contributed by atoms with Gasteiger partial charge < -0.3 is 30.3 Å². The van der Waals surface area contributed by atoms with Crippen molar-refractivity contribution in [2.24, 2.45) is 0 Å². The fraction of sp³-hybridized carbons (Fsp3) is 0.486. The van der Waals surface area contributed by atoms with Crippen LogP contribution in [0.1, 0.15) is 44.6 Å². The standard InChI is InChI=1S/C37H47N3O9S2/c1-27(42)38-17-12-28-8-10-29(11-9-28)30-4-2-7-35(20-30)51(46,47)40-18-15-36(16-19-40)22-31(24-49-36)39-23-32(43)25-48-33-5-3-6-34(21-33)50(44,45)37(26-41)13-14-37/h2-11,20-21,31-32,39,41,43H,12-19,22-26H2,1H3,(H,38,42)/t31-,32?/m1/s1. The largest absolute Gasteiger partial charge is 0.491 e. The summed E-state index contributed by atoms with van der Waals surface area (Å²) in [7, 11) is -7.40. The first-order chi connectivity index (χ1) is 24.3. The Kier molecular flexibility index (Phi) is 11.2. The van der Waals surface area contributed by atoms with E-state index in [1.54, 1.807) is 30.3 Å². The summed E-state index contributed by atoms with van der Waals surface area (Å²) in [6.45, 7) is 2.96. The average Bonchev–Trinajstić information content (AvgIpc) is 3.86. The number of amides is 1. The predicted octanol–water partition coefficient (Wildman–Crippen LogP) is 2.67. The number of sulfone groups is 1. The lowest BCUT2D eigenvalue weighted by molar-refractivity contribution is -0.118. The molecule has 276 valence electrons. The van der Waals surface area contributed by atoms with E-state index in [9.17, 15) is 31.8 Å². The second-order valence-corrected chi connectivity index (χ2v) is 18.2. The number of carbonyl (C=O) groups excluding carboxylic acids is 1. The normalized spacial score (nSPS) is 20.6. The zero-order valence-electron chi connectivity index (χ0n) is 28.8. The van der Waals surface area contributed by atoms with Gasteiger partial charge in [0.05, 0.1) is 33.4 Å². The Hall–Kier alpha value is -3.37. The topological polar surface area (TPSA) is 172 Å². The van der Waals surface area contributed by atoms with Gasteiger partial charge in [0.2, 0.25) is 15.9 Å². The Bertz CT molecular complexity index is 1910. The van der Waals surface area contributed by atoms with Crippen LogP contribution in [0.25, 0.3) is 11.1 Å². The Labute approximate surface area is 300 Å². The van der Waals surface area contributed by atoms with Crippen LogP contribution in [0.15, 0.2) is 82.6 Å². The van der Waals surface area contributed by atoms with Crippen molar-refractivity contribution in [3.05, 3.63) is 78.4 Å². The number of aliphatic hydroxyl groups excluding tert-OH is 2. The number of benzene rings is 3. The van der Waals surface area contributed by atoms with Gasteiger partial charge in [0.1, 0.15) is 18.5 Å². The third-order valence-electron chi connectivity index (χ3n) is 10.3. The van der Waals surface area contributed by atoms with Crippen molar-refractivity contribution in [1.82, 2.24) is 14.9 Å². The Morgan fingerprint density at radius 3 is 2.35 bits per heavy atom. The number of aliphatic hydroxyl groups is 2. The molecular weight excluding hydrogens is 695 g/mol. The molecule has 2 atom stereocenters. The van der Waals surface area contributed by atoms with Gasteiger partial charge in [0, 0.05) is 39.1 Å². The molecule has 1 aliphatic carbocycles. The molecule has 3 aliphatic rings. The highest BCUT2D eigenvalue weighted by atomic mass is 32.2. The molecule has 6 rings (SSSR count). The van der Waals surface area contributed by atoms with Crippen LogP contribution in [0.5, 0.6) is 5.75 Å². The summed E-state index contributed by atoms with van der Waals surface area (Å²) < 4.78 is 65.6. The van der Waals surface area contributed by atoms with Gasteiger partial charge >= 0.3 is 0 Å². The van der Waals surface area contributed by atoms with E-state index in [0.29, 0.717) is 70.5 Å². The quantitative estimate of drug-likeness (QED) is 0.182. The van der Waals surface area contributed by atoms with Crippen molar-refractivity contribution in [2.45, 2.75) is 77.7 Å². The van der Waals surface area contributed by atoms with Crippen LogP contribution in [-0.4, -0.2) is 106 Å². The maximum Gasteiger partial charge on any atom is 0.243 e. The van der Waals surface area contributed by atoms with Crippen molar-refractivity contribution in [1.29, 1.82) is 0 Å². The van der Waals surface area contributed by atoms with Crippen molar-refractivity contribution >= 4 is 25.8 Å². The van der Waals surface area contributed by atoms with Gasteiger partial charge in [0.15, 0.2) is 9.84 Å². The van der Waals surface area contributed by atoms with E-state index in [0.717, 1.165) is 16.7 Å². The van der Waals surface area contributed by atoms with E-state index in [1.807, 2.05) is 30.3 Å². The molecule has 2 heterocycles. The number of sulfonamides is 1. The van der Waals surface area contributed by atoms with Crippen LogP contribution in [0.3, 0.4) is 0 Å². The molecule has 3 fully saturated rings. The molecule has 2 aliphatic heterocycles. The van der Waals surface area contributed by atoms with Crippen molar-refractivity contribution in [2.75, 3.05) is 46.0 Å². The maximum atomic E-state index is 13.7. The summed E-state index contributed by atoms with van der Waals surface area (Å²) >= 11 is 0. The van der Waals surface area contributed by atoms with E-state index < -0.39 is 42.9 Å². The summed E-state index contributed by atoms with van der Waals surface area (Å²) in [4.78, 5) is 11.5. The fourth-order valence-corrected chi connectivity index (χ4v) is 10.2. The van der Waals surface area contributed by atoms with Gasteiger partial charge in [-0.25, -0.2) is 16.8 Å². The van der Waals surface area contributed by atoms with Gasteiger partial charge in [-0.05, 0) is 85.5 Å². The SMILES string of the molecule is CC(=O)NCCc1ccc(-c2cccc(S(=O)(=O)N3CCC4(CC3)C[C@@H](NCC(O)COc3cccc(S(=O)(=O)C5(CO)CC5)c3)CO4)c2)cc1. The molecule has 12 nitrogen and oxygen atoms in total. The second-order valence-electron chi connectivity index (χ2n) is 13.9. The van der Waals surface area contributed by atoms with Crippen molar-refractivity contribution in [3.63, 3.8) is 0 Å². The lowest BCUT2D eigenvalue weighted by Crippen LogP contribution is -2.47. The van der Waals surface area contributed by atoms with Gasteiger partial charge in [-0.15, -0.1) is 0 Å². The number of nitrogens with zero attached hydrogens (tertiary/aromatic N) is 1. The molecular formula is C37H47N3O9S2. The Balaban J connectivity index is 0.964. The third kappa shape index (κ3) is 8.48. The van der Waals surface area contributed by atoms with Gasteiger partial charge in [-0.2, -0.15) is 4.31 Å². The summed E-state index contributed by atoms with van der Waals surface area (Å²) in [5, 5.41) is 26.3. The molecule has 0 aromatic heterocycles. The van der Waals surface area contributed by atoms with E-state index in [-0.39, 0.29) is 34.9 Å². The summed E-state index contributed by atoms with van der Waals surface area (Å²) in [6, 6.07) is 21.0. The lowest BCUT2D eigenvalue weighted by atomic mass is 9.88. The molecule has 1 amide bonds. The van der Waals surface area contributed by atoms with Gasteiger partial charge in [0.25, 0.3) is 0 Å². The van der Waals surface area contributed by atoms with Crippen molar-refractivity contribution in [3.8, 4) is 16.9 Å². The Morgan fingerprint density at radius 1 is 0.961 bits per heavy atom.